The standard InChI is InChI=1S/C18H19N7/c1-2-6-15-13(5-1)14(11-21-15)16-17-20-8-9-25(17)24-18(23-16)22-12-4-3-7-19-10-12/h1-2,5-6,8-9,11-12,19,21H,3-4,7,10H2,(H,22,24)/t12-/m1/s1. The number of nitrogens with zero attached hydrogens (tertiary/aromatic N) is 4. The Morgan fingerprint density at radius 3 is 3.12 bits per heavy atom. The number of para-hydroxylation sites is 1. The molecular weight excluding hydrogens is 314 g/mol. The van der Waals surface area contributed by atoms with Crippen LogP contribution in [0.2, 0.25) is 0 Å². The Bertz CT molecular complexity index is 1030. The maximum Gasteiger partial charge on any atom is 0.241 e. The first-order valence-electron chi connectivity index (χ1n) is 8.63. The van der Waals surface area contributed by atoms with Gasteiger partial charge in [0, 0.05) is 47.6 Å². The molecule has 1 aliphatic heterocycles. The minimum atomic E-state index is 0.352. The van der Waals surface area contributed by atoms with Gasteiger partial charge in [0.25, 0.3) is 0 Å². The number of nitrogens with one attached hydrogen (secondary N) is 3. The van der Waals surface area contributed by atoms with Crippen LogP contribution in [0.25, 0.3) is 27.8 Å². The van der Waals surface area contributed by atoms with Gasteiger partial charge in [0.2, 0.25) is 5.95 Å². The molecule has 7 nitrogen and oxygen atoms in total. The van der Waals surface area contributed by atoms with Crippen molar-refractivity contribution in [3.8, 4) is 11.3 Å². The van der Waals surface area contributed by atoms with Gasteiger partial charge in [0.15, 0.2) is 5.65 Å². The molecular formula is C18H19N7. The average Bonchev–Trinajstić information content (AvgIpc) is 3.29. The van der Waals surface area contributed by atoms with E-state index >= 15 is 0 Å². The summed E-state index contributed by atoms with van der Waals surface area (Å²) in [6.07, 6.45) is 7.91. The van der Waals surface area contributed by atoms with Crippen molar-refractivity contribution in [1.29, 1.82) is 0 Å². The van der Waals surface area contributed by atoms with Gasteiger partial charge in [-0.05, 0) is 25.5 Å². The van der Waals surface area contributed by atoms with Crippen LogP contribution in [0.15, 0.2) is 42.9 Å². The summed E-state index contributed by atoms with van der Waals surface area (Å²) in [4.78, 5) is 12.6. The SMILES string of the molecule is c1ccc2c(-c3nc(N[C@@H]4CCCNC4)nn4ccnc34)c[nH]c2c1. The van der Waals surface area contributed by atoms with E-state index in [1.807, 2.05) is 24.5 Å². The topological polar surface area (TPSA) is 82.9 Å². The van der Waals surface area contributed by atoms with E-state index in [9.17, 15) is 0 Å². The molecule has 1 aliphatic rings. The Balaban J connectivity index is 1.62. The first kappa shape index (κ1) is 14.4. The lowest BCUT2D eigenvalue weighted by Gasteiger charge is -2.23. The number of anilines is 1. The predicted molar refractivity (Wildman–Crippen MR) is 97.6 cm³/mol. The van der Waals surface area contributed by atoms with Crippen molar-refractivity contribution in [2.75, 3.05) is 18.4 Å². The molecule has 3 N–H and O–H groups in total. The Morgan fingerprint density at radius 2 is 2.20 bits per heavy atom. The highest BCUT2D eigenvalue weighted by Crippen LogP contribution is 2.30. The number of hydrogen-bond donors (Lipinski definition) is 3. The first-order chi connectivity index (χ1) is 12.4. The largest absolute Gasteiger partial charge is 0.360 e. The molecule has 0 amide bonds. The maximum absolute atomic E-state index is 4.81. The smallest absolute Gasteiger partial charge is 0.241 e. The van der Waals surface area contributed by atoms with Gasteiger partial charge in [0.05, 0.1) is 0 Å². The van der Waals surface area contributed by atoms with E-state index in [0.29, 0.717) is 12.0 Å². The van der Waals surface area contributed by atoms with Gasteiger partial charge < -0.3 is 15.6 Å². The molecule has 126 valence electrons. The van der Waals surface area contributed by atoms with Gasteiger partial charge in [0.1, 0.15) is 5.69 Å². The number of fused-ring (bicyclic) bond motifs is 2. The molecule has 0 radical (unpaired) electrons. The highest BCUT2D eigenvalue weighted by Gasteiger charge is 2.18. The molecule has 4 heterocycles. The minimum absolute atomic E-state index is 0.352. The zero-order chi connectivity index (χ0) is 16.6. The van der Waals surface area contributed by atoms with E-state index in [4.69, 9.17) is 4.98 Å². The van der Waals surface area contributed by atoms with Crippen molar-refractivity contribution in [3.63, 3.8) is 0 Å². The van der Waals surface area contributed by atoms with E-state index in [1.54, 1.807) is 10.7 Å². The molecule has 1 saturated heterocycles. The van der Waals surface area contributed by atoms with Crippen molar-refractivity contribution >= 4 is 22.5 Å². The summed E-state index contributed by atoms with van der Waals surface area (Å²) in [5.74, 6) is 0.638. The first-order valence-corrected chi connectivity index (χ1v) is 8.63. The van der Waals surface area contributed by atoms with Crippen LogP contribution in [0.5, 0.6) is 0 Å². The molecule has 0 bridgehead atoms. The summed E-state index contributed by atoms with van der Waals surface area (Å²) in [6, 6.07) is 8.58. The number of aromatic amines is 1. The summed E-state index contributed by atoms with van der Waals surface area (Å²) >= 11 is 0. The third kappa shape index (κ3) is 2.53. The van der Waals surface area contributed by atoms with Gasteiger partial charge in [-0.2, -0.15) is 0 Å². The summed E-state index contributed by atoms with van der Waals surface area (Å²) < 4.78 is 1.79. The summed E-state index contributed by atoms with van der Waals surface area (Å²) in [5.41, 5.74) is 3.73. The molecule has 1 atom stereocenters. The highest BCUT2D eigenvalue weighted by atomic mass is 15.3. The third-order valence-corrected chi connectivity index (χ3v) is 4.73. The molecule has 25 heavy (non-hydrogen) atoms. The van der Waals surface area contributed by atoms with E-state index in [2.05, 4.69) is 37.8 Å². The molecule has 3 aromatic heterocycles. The molecule has 0 aliphatic carbocycles. The Morgan fingerprint density at radius 1 is 1.24 bits per heavy atom. The van der Waals surface area contributed by atoms with Gasteiger partial charge >= 0.3 is 0 Å². The van der Waals surface area contributed by atoms with E-state index in [1.165, 1.54) is 6.42 Å². The van der Waals surface area contributed by atoms with E-state index in [-0.39, 0.29) is 0 Å². The summed E-state index contributed by atoms with van der Waals surface area (Å²) in [6.45, 7) is 2.02. The second-order valence-corrected chi connectivity index (χ2v) is 6.41. The fourth-order valence-electron chi connectivity index (χ4n) is 3.49. The number of benzene rings is 1. The second kappa shape index (κ2) is 5.86. The minimum Gasteiger partial charge on any atom is -0.360 e. The highest BCUT2D eigenvalue weighted by molar-refractivity contribution is 5.97. The van der Waals surface area contributed by atoms with Crippen LogP contribution in [0.3, 0.4) is 0 Å². The lowest BCUT2D eigenvalue weighted by Crippen LogP contribution is -2.39. The van der Waals surface area contributed by atoms with Crippen LogP contribution in [0.4, 0.5) is 5.95 Å². The monoisotopic (exact) mass is 333 g/mol. The van der Waals surface area contributed by atoms with Crippen LogP contribution in [-0.2, 0) is 0 Å². The Hall–Kier alpha value is -2.93. The molecule has 1 aromatic carbocycles. The van der Waals surface area contributed by atoms with Crippen LogP contribution in [-0.4, -0.2) is 43.7 Å². The Kier molecular flexibility index (Phi) is 3.38. The normalized spacial score (nSPS) is 18.0. The van der Waals surface area contributed by atoms with Crippen molar-refractivity contribution in [3.05, 3.63) is 42.9 Å². The lowest BCUT2D eigenvalue weighted by atomic mass is 10.1. The number of hydrogen-bond acceptors (Lipinski definition) is 5. The van der Waals surface area contributed by atoms with Crippen LogP contribution >= 0.6 is 0 Å². The van der Waals surface area contributed by atoms with Crippen LogP contribution in [0.1, 0.15) is 12.8 Å². The van der Waals surface area contributed by atoms with Crippen molar-refractivity contribution < 1.29 is 0 Å². The molecule has 0 saturated carbocycles. The number of rotatable bonds is 3. The molecule has 1 fully saturated rings. The number of aromatic nitrogens is 5. The lowest BCUT2D eigenvalue weighted by molar-refractivity contribution is 0.477. The summed E-state index contributed by atoms with van der Waals surface area (Å²) in [5, 5.41) is 12.6. The van der Waals surface area contributed by atoms with Crippen molar-refractivity contribution in [1.82, 2.24) is 29.9 Å². The fourth-order valence-corrected chi connectivity index (χ4v) is 3.49. The average molecular weight is 333 g/mol. The van der Waals surface area contributed by atoms with Gasteiger partial charge in [-0.3, -0.25) is 0 Å². The summed E-state index contributed by atoms with van der Waals surface area (Å²) in [7, 11) is 0. The number of H-pyrrole nitrogens is 1. The Labute approximate surface area is 144 Å². The van der Waals surface area contributed by atoms with Crippen molar-refractivity contribution in [2.45, 2.75) is 18.9 Å². The fraction of sp³-hybridized carbons (Fsp3) is 0.278. The number of imidazole rings is 1. The van der Waals surface area contributed by atoms with Gasteiger partial charge in [-0.15, -0.1) is 5.10 Å². The zero-order valence-corrected chi connectivity index (χ0v) is 13.7. The van der Waals surface area contributed by atoms with Crippen molar-refractivity contribution in [2.24, 2.45) is 0 Å². The van der Waals surface area contributed by atoms with E-state index < -0.39 is 0 Å². The third-order valence-electron chi connectivity index (χ3n) is 4.73. The van der Waals surface area contributed by atoms with Gasteiger partial charge in [-0.1, -0.05) is 18.2 Å². The molecule has 4 aromatic rings. The van der Waals surface area contributed by atoms with E-state index in [0.717, 1.165) is 47.3 Å². The molecule has 7 heteroatoms. The maximum atomic E-state index is 4.81. The molecule has 5 rings (SSSR count). The number of piperidine rings is 1. The zero-order valence-electron chi connectivity index (χ0n) is 13.7. The quantitative estimate of drug-likeness (QED) is 0.536. The van der Waals surface area contributed by atoms with Gasteiger partial charge in [-0.25, -0.2) is 14.5 Å². The second-order valence-electron chi connectivity index (χ2n) is 6.41. The van der Waals surface area contributed by atoms with Crippen LogP contribution in [0, 0.1) is 0 Å². The molecule has 0 unspecified atom stereocenters. The van der Waals surface area contributed by atoms with Crippen LogP contribution < -0.4 is 10.6 Å². The predicted octanol–water partition coefficient (Wildman–Crippen LogP) is 2.44. The molecule has 0 spiro atoms.